The summed E-state index contributed by atoms with van der Waals surface area (Å²) < 4.78 is 5.47. The van der Waals surface area contributed by atoms with E-state index in [9.17, 15) is 9.59 Å². The smallest absolute Gasteiger partial charge is 0.262 e. The van der Waals surface area contributed by atoms with Crippen molar-refractivity contribution in [2.24, 2.45) is 0 Å². The van der Waals surface area contributed by atoms with Crippen LogP contribution in [0.25, 0.3) is 11.1 Å². The van der Waals surface area contributed by atoms with E-state index in [1.807, 2.05) is 6.92 Å². The Hall–Kier alpha value is -2.89. The molecule has 6 nitrogen and oxygen atoms in total. The van der Waals surface area contributed by atoms with Gasteiger partial charge < -0.3 is 14.7 Å². The van der Waals surface area contributed by atoms with Gasteiger partial charge in [0, 0.05) is 0 Å². The molecule has 1 amide bonds. The standard InChI is InChI=1S/C20H21N3O3/c1-11(14-8-7-13-5-3-4-6-15(13)9-14)23-19(25)16-12(2)26-20-17(16)18(24)21-10-22-20/h7-11H,3-6H2,1-2H3,(H,23,25)(H,21,22,24). The molecule has 6 heteroatoms. The van der Waals surface area contributed by atoms with Crippen LogP contribution in [0.2, 0.25) is 0 Å². The van der Waals surface area contributed by atoms with Crippen molar-refractivity contribution in [3.8, 4) is 0 Å². The quantitative estimate of drug-likeness (QED) is 0.758. The molecule has 2 aromatic heterocycles. The molecule has 2 N–H and O–H groups in total. The van der Waals surface area contributed by atoms with E-state index < -0.39 is 0 Å². The molecular formula is C20H21N3O3. The number of rotatable bonds is 3. The summed E-state index contributed by atoms with van der Waals surface area (Å²) in [6.45, 7) is 3.61. The van der Waals surface area contributed by atoms with E-state index in [2.05, 4.69) is 33.5 Å². The number of H-pyrrole nitrogens is 1. The zero-order chi connectivity index (χ0) is 18.3. The molecule has 1 aliphatic carbocycles. The normalized spacial score (nSPS) is 14.8. The first-order valence-electron chi connectivity index (χ1n) is 8.94. The third-order valence-electron chi connectivity index (χ3n) is 5.12. The van der Waals surface area contributed by atoms with Crippen molar-refractivity contribution in [2.45, 2.75) is 45.6 Å². The number of carbonyl (C=O) groups excluding carboxylic acids is 1. The van der Waals surface area contributed by atoms with Gasteiger partial charge >= 0.3 is 0 Å². The number of fused-ring (bicyclic) bond motifs is 2. The van der Waals surface area contributed by atoms with Crippen molar-refractivity contribution in [2.75, 3.05) is 0 Å². The third kappa shape index (κ3) is 2.81. The Bertz CT molecular complexity index is 1050. The van der Waals surface area contributed by atoms with Crippen LogP contribution in [0.3, 0.4) is 0 Å². The van der Waals surface area contributed by atoms with Crippen LogP contribution in [0, 0.1) is 6.92 Å². The van der Waals surface area contributed by atoms with Gasteiger partial charge in [-0.2, -0.15) is 0 Å². The van der Waals surface area contributed by atoms with E-state index in [-0.39, 0.29) is 34.2 Å². The zero-order valence-corrected chi connectivity index (χ0v) is 14.9. The summed E-state index contributed by atoms with van der Waals surface area (Å²) >= 11 is 0. The SMILES string of the molecule is Cc1oc2nc[nH]c(=O)c2c1C(=O)NC(C)c1ccc2c(c1)CCCC2. The molecule has 1 unspecified atom stereocenters. The number of aromatic amines is 1. The Morgan fingerprint density at radius 3 is 2.85 bits per heavy atom. The van der Waals surface area contributed by atoms with E-state index in [1.54, 1.807) is 6.92 Å². The number of aromatic nitrogens is 2. The van der Waals surface area contributed by atoms with Crippen LogP contribution in [0.1, 0.15) is 58.6 Å². The summed E-state index contributed by atoms with van der Waals surface area (Å²) in [6.07, 6.45) is 5.95. The van der Waals surface area contributed by atoms with Crippen LogP contribution in [-0.4, -0.2) is 15.9 Å². The first-order chi connectivity index (χ1) is 12.5. The maximum atomic E-state index is 12.8. The van der Waals surface area contributed by atoms with Gasteiger partial charge in [-0.05, 0) is 56.2 Å². The maximum absolute atomic E-state index is 12.8. The fourth-order valence-corrected chi connectivity index (χ4v) is 3.70. The van der Waals surface area contributed by atoms with Crippen molar-refractivity contribution < 1.29 is 9.21 Å². The van der Waals surface area contributed by atoms with Crippen molar-refractivity contribution in [3.05, 3.63) is 62.9 Å². The number of aryl methyl sites for hydroxylation is 3. The molecule has 0 saturated heterocycles. The largest absolute Gasteiger partial charge is 0.442 e. The number of furan rings is 1. The maximum Gasteiger partial charge on any atom is 0.262 e. The summed E-state index contributed by atoms with van der Waals surface area (Å²) in [4.78, 5) is 31.4. The minimum Gasteiger partial charge on any atom is -0.442 e. The topological polar surface area (TPSA) is 88.0 Å². The Kier molecular flexibility index (Phi) is 4.11. The van der Waals surface area contributed by atoms with E-state index >= 15 is 0 Å². The highest BCUT2D eigenvalue weighted by Crippen LogP contribution is 2.26. The predicted molar refractivity (Wildman–Crippen MR) is 98.3 cm³/mol. The van der Waals surface area contributed by atoms with Crippen LogP contribution in [0.5, 0.6) is 0 Å². The average molecular weight is 351 g/mol. The second-order valence-electron chi connectivity index (χ2n) is 6.88. The Balaban J connectivity index is 1.63. The van der Waals surface area contributed by atoms with E-state index in [0.29, 0.717) is 5.76 Å². The summed E-state index contributed by atoms with van der Waals surface area (Å²) in [6, 6.07) is 6.26. The first kappa shape index (κ1) is 16.6. The minimum absolute atomic E-state index is 0.171. The summed E-state index contributed by atoms with van der Waals surface area (Å²) in [5, 5.41) is 3.18. The molecule has 0 spiro atoms. The molecule has 26 heavy (non-hydrogen) atoms. The van der Waals surface area contributed by atoms with Crippen LogP contribution in [-0.2, 0) is 12.8 Å². The molecule has 0 fully saturated rings. The van der Waals surface area contributed by atoms with Gasteiger partial charge in [0.2, 0.25) is 5.71 Å². The third-order valence-corrected chi connectivity index (χ3v) is 5.12. The van der Waals surface area contributed by atoms with Crippen molar-refractivity contribution in [1.29, 1.82) is 0 Å². The molecule has 1 aromatic carbocycles. The summed E-state index contributed by atoms with van der Waals surface area (Å²) in [5.74, 6) is 0.0595. The molecule has 134 valence electrons. The van der Waals surface area contributed by atoms with Gasteiger partial charge in [-0.25, -0.2) is 4.98 Å². The van der Waals surface area contributed by atoms with Crippen LogP contribution < -0.4 is 10.9 Å². The van der Waals surface area contributed by atoms with E-state index in [1.165, 1.54) is 30.3 Å². The lowest BCUT2D eigenvalue weighted by Crippen LogP contribution is -2.28. The van der Waals surface area contributed by atoms with Crippen LogP contribution >= 0.6 is 0 Å². The average Bonchev–Trinajstić information content (AvgIpc) is 2.98. The van der Waals surface area contributed by atoms with Gasteiger partial charge in [0.1, 0.15) is 11.1 Å². The lowest BCUT2D eigenvalue weighted by Gasteiger charge is -2.20. The predicted octanol–water partition coefficient (Wildman–Crippen LogP) is 3.19. The molecule has 0 bridgehead atoms. The Morgan fingerprint density at radius 1 is 1.27 bits per heavy atom. The molecule has 0 aliphatic heterocycles. The number of carbonyl (C=O) groups is 1. The van der Waals surface area contributed by atoms with Gasteiger partial charge in [-0.1, -0.05) is 18.2 Å². The van der Waals surface area contributed by atoms with Gasteiger partial charge in [-0.15, -0.1) is 0 Å². The first-order valence-corrected chi connectivity index (χ1v) is 8.94. The minimum atomic E-state index is -0.376. The number of hydrogen-bond donors (Lipinski definition) is 2. The molecule has 4 rings (SSSR count). The summed E-state index contributed by atoms with van der Waals surface area (Å²) in [5.41, 5.74) is 3.90. The van der Waals surface area contributed by atoms with Crippen molar-refractivity contribution in [3.63, 3.8) is 0 Å². The lowest BCUT2D eigenvalue weighted by molar-refractivity contribution is 0.0939. The fraction of sp³-hybridized carbons (Fsp3) is 0.350. The highest BCUT2D eigenvalue weighted by Gasteiger charge is 2.23. The van der Waals surface area contributed by atoms with Gasteiger partial charge in [0.25, 0.3) is 11.5 Å². The van der Waals surface area contributed by atoms with E-state index in [0.717, 1.165) is 18.4 Å². The second kappa shape index (κ2) is 6.44. The summed E-state index contributed by atoms with van der Waals surface area (Å²) in [7, 11) is 0. The number of amides is 1. The molecular weight excluding hydrogens is 330 g/mol. The lowest BCUT2D eigenvalue weighted by atomic mass is 9.89. The highest BCUT2D eigenvalue weighted by atomic mass is 16.3. The molecule has 1 atom stereocenters. The zero-order valence-electron chi connectivity index (χ0n) is 14.9. The fourth-order valence-electron chi connectivity index (χ4n) is 3.70. The van der Waals surface area contributed by atoms with Crippen LogP contribution in [0.15, 0.2) is 33.7 Å². The highest BCUT2D eigenvalue weighted by molar-refractivity contribution is 6.06. The number of nitrogens with one attached hydrogen (secondary N) is 2. The molecule has 0 radical (unpaired) electrons. The van der Waals surface area contributed by atoms with Gasteiger partial charge in [-0.3, -0.25) is 9.59 Å². The number of hydrogen-bond acceptors (Lipinski definition) is 4. The molecule has 3 aromatic rings. The Morgan fingerprint density at radius 2 is 2.04 bits per heavy atom. The van der Waals surface area contributed by atoms with Crippen molar-refractivity contribution in [1.82, 2.24) is 15.3 Å². The van der Waals surface area contributed by atoms with Gasteiger partial charge in [0.15, 0.2) is 0 Å². The monoisotopic (exact) mass is 351 g/mol. The van der Waals surface area contributed by atoms with Crippen molar-refractivity contribution >= 4 is 17.0 Å². The Labute approximate surface area is 150 Å². The van der Waals surface area contributed by atoms with Gasteiger partial charge in [0.05, 0.1) is 17.9 Å². The molecule has 0 saturated carbocycles. The number of benzene rings is 1. The van der Waals surface area contributed by atoms with E-state index in [4.69, 9.17) is 4.42 Å². The second-order valence-corrected chi connectivity index (χ2v) is 6.88. The van der Waals surface area contributed by atoms with Crippen LogP contribution in [0.4, 0.5) is 0 Å². The molecule has 2 heterocycles. The number of nitrogens with zero attached hydrogens (tertiary/aromatic N) is 1. The molecule has 1 aliphatic rings.